The molecule has 6 rings (SSSR count). The van der Waals surface area contributed by atoms with Crippen molar-refractivity contribution in [1.82, 2.24) is 24.9 Å². The van der Waals surface area contributed by atoms with E-state index in [4.69, 9.17) is 9.97 Å². The monoisotopic (exact) mass is 477 g/mol. The fraction of sp³-hybridized carbons (Fsp3) is 0.0312. The Morgan fingerprint density at radius 2 is 0.838 bits per heavy atom. The first-order valence-electron chi connectivity index (χ1n) is 12.1. The van der Waals surface area contributed by atoms with Crippen molar-refractivity contribution in [2.24, 2.45) is 0 Å². The van der Waals surface area contributed by atoms with Crippen LogP contribution in [0.25, 0.3) is 55.9 Å². The van der Waals surface area contributed by atoms with Crippen LogP contribution in [0.4, 0.5) is 0 Å². The molecule has 37 heavy (non-hydrogen) atoms. The van der Waals surface area contributed by atoms with Crippen molar-refractivity contribution in [1.29, 1.82) is 0 Å². The topological polar surface area (TPSA) is 64.5 Å². The second-order valence-electron chi connectivity index (χ2n) is 8.79. The van der Waals surface area contributed by atoms with Gasteiger partial charge in [-0.3, -0.25) is 15.0 Å². The van der Waals surface area contributed by atoms with Crippen LogP contribution in [0.3, 0.4) is 0 Å². The summed E-state index contributed by atoms with van der Waals surface area (Å²) in [6.07, 6.45) is 11.0. The van der Waals surface area contributed by atoms with Crippen molar-refractivity contribution in [2.45, 2.75) is 6.92 Å². The maximum atomic E-state index is 4.83. The average molecular weight is 478 g/mol. The number of benzene rings is 2. The molecule has 5 heteroatoms. The van der Waals surface area contributed by atoms with E-state index < -0.39 is 0 Å². The summed E-state index contributed by atoms with van der Waals surface area (Å²) < 4.78 is 0. The van der Waals surface area contributed by atoms with Crippen LogP contribution in [-0.4, -0.2) is 24.9 Å². The van der Waals surface area contributed by atoms with E-state index in [1.54, 1.807) is 18.6 Å². The van der Waals surface area contributed by atoms with Gasteiger partial charge in [0.25, 0.3) is 0 Å². The van der Waals surface area contributed by atoms with Crippen LogP contribution in [0.1, 0.15) is 5.82 Å². The summed E-state index contributed by atoms with van der Waals surface area (Å²) in [7, 11) is 0. The van der Waals surface area contributed by atoms with E-state index in [1.165, 1.54) is 0 Å². The van der Waals surface area contributed by atoms with Crippen molar-refractivity contribution >= 4 is 0 Å². The van der Waals surface area contributed by atoms with Crippen molar-refractivity contribution in [3.63, 3.8) is 0 Å². The summed E-state index contributed by atoms with van der Waals surface area (Å²) >= 11 is 0. The molecule has 0 aliphatic heterocycles. The van der Waals surface area contributed by atoms with Gasteiger partial charge in [0.1, 0.15) is 5.82 Å². The molecular weight excluding hydrogens is 454 g/mol. The second kappa shape index (κ2) is 9.91. The molecule has 0 fully saturated rings. The van der Waals surface area contributed by atoms with Crippen LogP contribution < -0.4 is 0 Å². The van der Waals surface area contributed by atoms with Gasteiger partial charge in [-0.05, 0) is 72.1 Å². The summed E-state index contributed by atoms with van der Waals surface area (Å²) in [6, 6.07) is 29.0. The zero-order valence-electron chi connectivity index (χ0n) is 20.3. The third-order valence-electron chi connectivity index (χ3n) is 6.21. The largest absolute Gasteiger partial charge is 0.264 e. The lowest BCUT2D eigenvalue weighted by Crippen LogP contribution is -1.96. The molecule has 0 aliphatic rings. The van der Waals surface area contributed by atoms with Gasteiger partial charge in [-0.25, -0.2) is 9.97 Å². The highest BCUT2D eigenvalue weighted by atomic mass is 14.9. The zero-order chi connectivity index (χ0) is 25.0. The summed E-state index contributed by atoms with van der Waals surface area (Å²) in [5, 5.41) is 0. The van der Waals surface area contributed by atoms with E-state index in [9.17, 15) is 0 Å². The molecule has 0 aliphatic carbocycles. The third-order valence-corrected chi connectivity index (χ3v) is 6.21. The maximum Gasteiger partial charge on any atom is 0.126 e. The highest BCUT2D eigenvalue weighted by Crippen LogP contribution is 2.33. The van der Waals surface area contributed by atoms with Gasteiger partial charge in [0.15, 0.2) is 0 Å². The van der Waals surface area contributed by atoms with Crippen LogP contribution in [0.2, 0.25) is 0 Å². The highest BCUT2D eigenvalue weighted by Gasteiger charge is 2.12. The fourth-order valence-electron chi connectivity index (χ4n) is 4.43. The number of rotatable bonds is 5. The number of pyridine rings is 3. The van der Waals surface area contributed by atoms with Gasteiger partial charge in [0, 0.05) is 65.0 Å². The molecule has 0 saturated carbocycles. The minimum atomic E-state index is 0.717. The molecule has 0 unspecified atom stereocenters. The van der Waals surface area contributed by atoms with Crippen molar-refractivity contribution in [3.8, 4) is 55.9 Å². The van der Waals surface area contributed by atoms with Gasteiger partial charge in [-0.1, -0.05) is 36.4 Å². The second-order valence-corrected chi connectivity index (χ2v) is 8.79. The van der Waals surface area contributed by atoms with Gasteiger partial charge in [0.05, 0.1) is 11.4 Å². The normalized spacial score (nSPS) is 10.8. The van der Waals surface area contributed by atoms with Crippen molar-refractivity contribution in [2.75, 3.05) is 0 Å². The van der Waals surface area contributed by atoms with Crippen LogP contribution in [0.15, 0.2) is 122 Å². The molecular formula is C32H23N5. The minimum Gasteiger partial charge on any atom is -0.264 e. The zero-order valence-corrected chi connectivity index (χ0v) is 20.3. The Bertz CT molecular complexity index is 1610. The smallest absolute Gasteiger partial charge is 0.126 e. The molecule has 0 bridgehead atoms. The number of hydrogen-bond acceptors (Lipinski definition) is 5. The summed E-state index contributed by atoms with van der Waals surface area (Å²) in [5.74, 6) is 0.717. The molecule has 0 spiro atoms. The standard InChI is InChI=1S/C32H23N5/c1-22-36-31(24-7-2-6-23(14-24)25-8-3-11-33-19-25)18-32(37-22)30-16-28(26-9-4-12-34-20-26)15-29(17-30)27-10-5-13-35-21-27/h2-21H,1H3. The molecule has 4 aromatic heterocycles. The maximum absolute atomic E-state index is 4.83. The molecule has 4 heterocycles. The molecule has 2 aromatic carbocycles. The minimum absolute atomic E-state index is 0.717. The molecule has 176 valence electrons. The lowest BCUT2D eigenvalue weighted by Gasteiger charge is -2.12. The van der Waals surface area contributed by atoms with E-state index in [0.29, 0.717) is 5.82 Å². The predicted molar refractivity (Wildman–Crippen MR) is 147 cm³/mol. The predicted octanol–water partition coefficient (Wildman–Crippen LogP) is 7.31. The van der Waals surface area contributed by atoms with Crippen LogP contribution >= 0.6 is 0 Å². The average Bonchev–Trinajstić information content (AvgIpc) is 2.98. The Morgan fingerprint density at radius 1 is 0.405 bits per heavy atom. The van der Waals surface area contributed by atoms with Gasteiger partial charge >= 0.3 is 0 Å². The van der Waals surface area contributed by atoms with Crippen LogP contribution in [0.5, 0.6) is 0 Å². The molecule has 0 amide bonds. The number of nitrogens with zero attached hydrogens (tertiary/aromatic N) is 5. The molecule has 6 aromatic rings. The lowest BCUT2D eigenvalue weighted by atomic mass is 9.95. The van der Waals surface area contributed by atoms with Crippen LogP contribution in [0, 0.1) is 6.92 Å². The van der Waals surface area contributed by atoms with Crippen molar-refractivity contribution in [3.05, 3.63) is 128 Å². The summed E-state index contributed by atoms with van der Waals surface area (Å²) in [5.41, 5.74) is 10.2. The van der Waals surface area contributed by atoms with E-state index in [0.717, 1.165) is 55.9 Å². The van der Waals surface area contributed by atoms with E-state index >= 15 is 0 Å². The Morgan fingerprint density at radius 3 is 1.38 bits per heavy atom. The SMILES string of the molecule is Cc1nc(-c2cccc(-c3cccnc3)c2)cc(-c2cc(-c3cccnc3)cc(-c3cccnc3)c2)n1. The Kier molecular flexibility index (Phi) is 6.01. The van der Waals surface area contributed by atoms with Gasteiger partial charge < -0.3 is 0 Å². The first kappa shape index (κ1) is 22.4. The van der Waals surface area contributed by atoms with Crippen LogP contribution in [-0.2, 0) is 0 Å². The van der Waals surface area contributed by atoms with Gasteiger partial charge in [-0.15, -0.1) is 0 Å². The summed E-state index contributed by atoms with van der Waals surface area (Å²) in [4.78, 5) is 22.5. The summed E-state index contributed by atoms with van der Waals surface area (Å²) in [6.45, 7) is 1.94. The molecule has 0 saturated heterocycles. The first-order chi connectivity index (χ1) is 18.2. The molecule has 0 radical (unpaired) electrons. The first-order valence-corrected chi connectivity index (χ1v) is 12.1. The third kappa shape index (κ3) is 4.88. The lowest BCUT2D eigenvalue weighted by molar-refractivity contribution is 1.06. The van der Waals surface area contributed by atoms with E-state index in [1.807, 2.05) is 43.7 Å². The van der Waals surface area contributed by atoms with E-state index in [-0.39, 0.29) is 0 Å². The highest BCUT2D eigenvalue weighted by molar-refractivity contribution is 5.81. The Labute approximate surface area is 215 Å². The molecule has 5 nitrogen and oxygen atoms in total. The van der Waals surface area contributed by atoms with Gasteiger partial charge in [-0.2, -0.15) is 0 Å². The van der Waals surface area contributed by atoms with Gasteiger partial charge in [0.2, 0.25) is 0 Å². The Balaban J connectivity index is 1.48. The number of aromatic nitrogens is 5. The number of hydrogen-bond donors (Lipinski definition) is 0. The quantitative estimate of drug-likeness (QED) is 0.261. The molecule has 0 N–H and O–H groups in total. The Hall–Kier alpha value is -5.03. The number of aryl methyl sites for hydroxylation is 1. The van der Waals surface area contributed by atoms with Crippen molar-refractivity contribution < 1.29 is 0 Å². The molecule has 0 atom stereocenters. The fourth-order valence-corrected chi connectivity index (χ4v) is 4.43. The van der Waals surface area contributed by atoms with E-state index in [2.05, 4.69) is 81.7 Å².